The molecule has 0 spiro atoms. The molecular weight excluding hydrogens is 290 g/mol. The molecule has 2 N–H and O–H groups in total. The van der Waals surface area contributed by atoms with E-state index in [1.807, 2.05) is 10.6 Å². The van der Waals surface area contributed by atoms with Crippen molar-refractivity contribution in [3.05, 3.63) is 35.4 Å². The van der Waals surface area contributed by atoms with Gasteiger partial charge in [0.15, 0.2) is 0 Å². The number of sulfonamides is 1. The highest BCUT2D eigenvalue weighted by atomic mass is 32.2. The van der Waals surface area contributed by atoms with Crippen LogP contribution in [0.1, 0.15) is 17.0 Å². The number of anilines is 1. The van der Waals surface area contributed by atoms with Gasteiger partial charge < -0.3 is 10.3 Å². The summed E-state index contributed by atoms with van der Waals surface area (Å²) in [6.07, 6.45) is 1.62. The zero-order chi connectivity index (χ0) is 15.2. The van der Waals surface area contributed by atoms with Crippen molar-refractivity contribution < 1.29 is 8.42 Å². The largest absolute Gasteiger partial charge is 0.397 e. The molecule has 0 saturated heterocycles. The second-order valence-electron chi connectivity index (χ2n) is 5.22. The van der Waals surface area contributed by atoms with Gasteiger partial charge in [0.1, 0.15) is 17.0 Å². The molecule has 0 atom stereocenters. The van der Waals surface area contributed by atoms with Crippen molar-refractivity contribution >= 4 is 15.7 Å². The number of nitrogen functional groups attached to an aromatic ring is 1. The maximum Gasteiger partial charge on any atom is 0.245 e. The van der Waals surface area contributed by atoms with Gasteiger partial charge in [-0.2, -0.15) is 4.31 Å². The van der Waals surface area contributed by atoms with E-state index in [1.54, 1.807) is 26.2 Å². The van der Waals surface area contributed by atoms with Gasteiger partial charge in [0.25, 0.3) is 0 Å². The summed E-state index contributed by atoms with van der Waals surface area (Å²) in [6, 6.07) is 3.61. The molecule has 21 heavy (non-hydrogen) atoms. The minimum atomic E-state index is -3.64. The predicted molar refractivity (Wildman–Crippen MR) is 77.9 cm³/mol. The number of nitrogens with zero attached hydrogens (tertiary/aromatic N) is 4. The molecule has 0 amide bonds. The predicted octanol–water partition coefficient (Wildman–Crippen LogP) is 0.682. The fourth-order valence-corrected chi connectivity index (χ4v) is 4.31. The Morgan fingerprint density at radius 2 is 1.90 bits per heavy atom. The average molecular weight is 307 g/mol. The zero-order valence-electron chi connectivity index (χ0n) is 11.9. The Kier molecular flexibility index (Phi) is 3.22. The molecule has 1 aromatic carbocycles. The second-order valence-corrected chi connectivity index (χ2v) is 7.10. The summed E-state index contributed by atoms with van der Waals surface area (Å²) >= 11 is 0. The van der Waals surface area contributed by atoms with Gasteiger partial charge in [-0.25, -0.2) is 8.42 Å². The van der Waals surface area contributed by atoms with Crippen LogP contribution in [0.5, 0.6) is 0 Å². The number of aryl methyl sites for hydroxylation is 2. The maximum absolute atomic E-state index is 12.9. The Hall–Kier alpha value is -1.93. The first-order valence-electron chi connectivity index (χ1n) is 6.64. The fraction of sp³-hybridized carbons (Fsp3) is 0.385. The van der Waals surface area contributed by atoms with Crippen LogP contribution in [0.2, 0.25) is 0 Å². The second kappa shape index (κ2) is 4.81. The molecule has 0 bridgehead atoms. The number of fused-ring (bicyclic) bond motifs is 1. The van der Waals surface area contributed by atoms with E-state index < -0.39 is 10.0 Å². The smallest absolute Gasteiger partial charge is 0.245 e. The summed E-state index contributed by atoms with van der Waals surface area (Å²) in [5.41, 5.74) is 7.75. The van der Waals surface area contributed by atoms with Crippen LogP contribution in [0.25, 0.3) is 0 Å². The zero-order valence-corrected chi connectivity index (χ0v) is 12.8. The van der Waals surface area contributed by atoms with Crippen molar-refractivity contribution in [2.45, 2.75) is 31.8 Å². The van der Waals surface area contributed by atoms with Crippen LogP contribution in [0.3, 0.4) is 0 Å². The summed E-state index contributed by atoms with van der Waals surface area (Å²) in [5, 5.41) is 7.76. The van der Waals surface area contributed by atoms with Crippen LogP contribution in [0, 0.1) is 13.8 Å². The topological polar surface area (TPSA) is 94.1 Å². The van der Waals surface area contributed by atoms with Crippen molar-refractivity contribution in [1.82, 2.24) is 19.1 Å². The van der Waals surface area contributed by atoms with E-state index in [0.29, 0.717) is 30.2 Å². The Labute approximate surface area is 123 Å². The normalized spacial score (nSPS) is 15.9. The first kappa shape index (κ1) is 14.0. The van der Waals surface area contributed by atoms with Gasteiger partial charge in [-0.3, -0.25) is 0 Å². The van der Waals surface area contributed by atoms with Crippen LogP contribution in [0.15, 0.2) is 23.4 Å². The third-order valence-corrected chi connectivity index (χ3v) is 5.86. The third-order valence-electron chi connectivity index (χ3n) is 3.81. The van der Waals surface area contributed by atoms with Crippen LogP contribution in [0.4, 0.5) is 5.69 Å². The Morgan fingerprint density at radius 1 is 1.19 bits per heavy atom. The summed E-state index contributed by atoms with van der Waals surface area (Å²) in [4.78, 5) is 0.204. The molecule has 1 aliphatic rings. The van der Waals surface area contributed by atoms with E-state index in [1.165, 1.54) is 4.31 Å². The Bertz CT molecular complexity index is 797. The highest BCUT2D eigenvalue weighted by molar-refractivity contribution is 7.89. The monoisotopic (exact) mass is 307 g/mol. The minimum absolute atomic E-state index is 0.204. The number of aromatic nitrogens is 3. The molecule has 0 fully saturated rings. The highest BCUT2D eigenvalue weighted by Gasteiger charge is 2.32. The van der Waals surface area contributed by atoms with Crippen LogP contribution in [-0.2, 0) is 23.1 Å². The molecule has 2 aromatic rings. The van der Waals surface area contributed by atoms with Gasteiger partial charge >= 0.3 is 0 Å². The number of hydrogen-bond acceptors (Lipinski definition) is 5. The first-order valence-corrected chi connectivity index (χ1v) is 8.08. The summed E-state index contributed by atoms with van der Waals surface area (Å²) in [5.74, 6) is 0.647. The van der Waals surface area contributed by atoms with Gasteiger partial charge in [-0.15, -0.1) is 10.2 Å². The standard InChI is InChI=1S/C13H17N5O2S/c1-9-3-4-10(2)13(12(9)14)21(19,20)18-6-5-17-8-15-16-11(17)7-18/h3-4,8H,5-7,14H2,1-2H3. The Morgan fingerprint density at radius 3 is 2.67 bits per heavy atom. The van der Waals surface area contributed by atoms with Crippen LogP contribution >= 0.6 is 0 Å². The Balaban J connectivity index is 2.05. The van der Waals surface area contributed by atoms with Crippen molar-refractivity contribution in [3.63, 3.8) is 0 Å². The van der Waals surface area contributed by atoms with E-state index in [4.69, 9.17) is 5.73 Å². The lowest BCUT2D eigenvalue weighted by atomic mass is 10.1. The van der Waals surface area contributed by atoms with E-state index in [9.17, 15) is 8.42 Å². The number of nitrogens with two attached hydrogens (primary N) is 1. The SMILES string of the molecule is Cc1ccc(C)c(S(=O)(=O)N2CCn3cnnc3C2)c1N. The van der Waals surface area contributed by atoms with Crippen LogP contribution < -0.4 is 5.73 Å². The molecular formula is C13H17N5O2S. The summed E-state index contributed by atoms with van der Waals surface area (Å²) < 4.78 is 29.1. The van der Waals surface area contributed by atoms with Crippen molar-refractivity contribution in [2.24, 2.45) is 0 Å². The molecule has 7 nitrogen and oxygen atoms in total. The average Bonchev–Trinajstić information content (AvgIpc) is 2.90. The van der Waals surface area contributed by atoms with Gasteiger partial charge in [0.05, 0.1) is 12.2 Å². The molecule has 0 aliphatic carbocycles. The molecule has 8 heteroatoms. The van der Waals surface area contributed by atoms with E-state index in [2.05, 4.69) is 10.2 Å². The molecule has 112 valence electrons. The van der Waals surface area contributed by atoms with E-state index >= 15 is 0 Å². The highest BCUT2D eigenvalue weighted by Crippen LogP contribution is 2.30. The van der Waals surface area contributed by atoms with E-state index in [0.717, 1.165) is 5.56 Å². The number of hydrogen-bond donors (Lipinski definition) is 1. The lowest BCUT2D eigenvalue weighted by Crippen LogP contribution is -2.38. The molecule has 3 rings (SSSR count). The molecule has 1 aromatic heterocycles. The van der Waals surface area contributed by atoms with Gasteiger partial charge in [0.2, 0.25) is 10.0 Å². The van der Waals surface area contributed by atoms with Gasteiger partial charge in [-0.1, -0.05) is 12.1 Å². The first-order chi connectivity index (χ1) is 9.91. The van der Waals surface area contributed by atoms with E-state index in [-0.39, 0.29) is 11.4 Å². The molecule has 1 aliphatic heterocycles. The molecule has 0 saturated carbocycles. The van der Waals surface area contributed by atoms with Crippen LogP contribution in [-0.4, -0.2) is 34.0 Å². The maximum atomic E-state index is 12.9. The fourth-order valence-electron chi connectivity index (χ4n) is 2.53. The summed E-state index contributed by atoms with van der Waals surface area (Å²) in [7, 11) is -3.64. The molecule has 0 unspecified atom stereocenters. The molecule has 0 radical (unpaired) electrons. The summed E-state index contributed by atoms with van der Waals surface area (Å²) in [6.45, 7) is 4.72. The quantitative estimate of drug-likeness (QED) is 0.823. The van der Waals surface area contributed by atoms with Crippen molar-refractivity contribution in [3.8, 4) is 0 Å². The van der Waals surface area contributed by atoms with Crippen molar-refractivity contribution in [1.29, 1.82) is 0 Å². The van der Waals surface area contributed by atoms with Gasteiger partial charge in [0, 0.05) is 13.1 Å². The minimum Gasteiger partial charge on any atom is -0.397 e. The number of benzene rings is 1. The van der Waals surface area contributed by atoms with Crippen molar-refractivity contribution in [2.75, 3.05) is 12.3 Å². The third kappa shape index (κ3) is 2.20. The number of rotatable bonds is 2. The molecule has 2 heterocycles. The lowest BCUT2D eigenvalue weighted by Gasteiger charge is -2.27. The lowest BCUT2D eigenvalue weighted by molar-refractivity contribution is 0.335. The van der Waals surface area contributed by atoms with Gasteiger partial charge in [-0.05, 0) is 25.0 Å².